The molecule has 0 spiro atoms. The summed E-state index contributed by atoms with van der Waals surface area (Å²) in [4.78, 5) is 7.18. The first-order valence-electron chi connectivity index (χ1n) is 6.75. The molecule has 18 heavy (non-hydrogen) atoms. The molecule has 4 rings (SSSR count). The molecular weight excluding hydrogens is 222 g/mol. The van der Waals surface area contributed by atoms with E-state index in [-0.39, 0.29) is 0 Å². The van der Waals surface area contributed by atoms with Crippen molar-refractivity contribution in [1.29, 1.82) is 0 Å². The van der Waals surface area contributed by atoms with Crippen molar-refractivity contribution in [1.82, 2.24) is 9.97 Å². The van der Waals surface area contributed by atoms with Gasteiger partial charge >= 0.3 is 0 Å². The lowest BCUT2D eigenvalue weighted by Gasteiger charge is -2.15. The van der Waals surface area contributed by atoms with Gasteiger partial charge in [0.05, 0.1) is 18.2 Å². The van der Waals surface area contributed by atoms with Gasteiger partial charge in [-0.1, -0.05) is 12.1 Å². The Morgan fingerprint density at radius 1 is 1.17 bits per heavy atom. The van der Waals surface area contributed by atoms with Crippen LogP contribution in [0.15, 0.2) is 36.8 Å². The van der Waals surface area contributed by atoms with Gasteiger partial charge in [-0.2, -0.15) is 0 Å². The molecule has 3 nitrogen and oxygen atoms in total. The van der Waals surface area contributed by atoms with Gasteiger partial charge in [-0.15, -0.1) is 0 Å². The van der Waals surface area contributed by atoms with Crippen molar-refractivity contribution >= 4 is 5.69 Å². The summed E-state index contributed by atoms with van der Waals surface area (Å²) in [5, 5.41) is 3.68. The fourth-order valence-electron chi connectivity index (χ4n) is 3.26. The maximum absolute atomic E-state index is 4.05. The van der Waals surface area contributed by atoms with Gasteiger partial charge in [0.25, 0.3) is 0 Å². The quantitative estimate of drug-likeness (QED) is 0.863. The second-order valence-corrected chi connectivity index (χ2v) is 5.53. The van der Waals surface area contributed by atoms with E-state index in [1.165, 1.54) is 30.5 Å². The maximum Gasteiger partial charge on any atom is 0.0924 e. The van der Waals surface area contributed by atoms with Gasteiger partial charge < -0.3 is 10.3 Å². The number of rotatable bonds is 3. The minimum absolute atomic E-state index is 0.716. The molecule has 1 heterocycles. The zero-order chi connectivity index (χ0) is 11.9. The summed E-state index contributed by atoms with van der Waals surface area (Å²) < 4.78 is 0. The van der Waals surface area contributed by atoms with Crippen molar-refractivity contribution < 1.29 is 0 Å². The highest BCUT2D eigenvalue weighted by Gasteiger charge is 2.47. The van der Waals surface area contributed by atoms with Gasteiger partial charge in [0.15, 0.2) is 0 Å². The molecule has 2 fully saturated rings. The van der Waals surface area contributed by atoms with E-state index in [4.69, 9.17) is 0 Å². The van der Waals surface area contributed by atoms with Crippen molar-refractivity contribution in [2.45, 2.75) is 25.3 Å². The van der Waals surface area contributed by atoms with Crippen LogP contribution in [0.1, 0.15) is 19.3 Å². The molecule has 2 saturated carbocycles. The van der Waals surface area contributed by atoms with Gasteiger partial charge in [-0.25, -0.2) is 4.98 Å². The third kappa shape index (κ3) is 1.70. The molecule has 3 atom stereocenters. The van der Waals surface area contributed by atoms with Crippen molar-refractivity contribution in [3.63, 3.8) is 0 Å². The number of fused-ring (bicyclic) bond motifs is 1. The molecule has 2 aliphatic rings. The van der Waals surface area contributed by atoms with E-state index in [2.05, 4.69) is 39.6 Å². The third-order valence-corrected chi connectivity index (χ3v) is 4.39. The predicted molar refractivity (Wildman–Crippen MR) is 72.3 cm³/mol. The van der Waals surface area contributed by atoms with E-state index in [9.17, 15) is 0 Å². The van der Waals surface area contributed by atoms with E-state index in [1.807, 2.05) is 6.20 Å². The van der Waals surface area contributed by atoms with Crippen LogP contribution in [0.25, 0.3) is 11.3 Å². The standard InChI is InChI=1S/C15H17N3/c1-4-12(18-14-6-3-11-7-13(11)14)5-2-10(1)15-8-16-9-17-15/h1-2,4-5,8-9,11,13-14,18H,3,6-7H2,(H,16,17). The maximum atomic E-state index is 4.05. The smallest absolute Gasteiger partial charge is 0.0924 e. The Balaban J connectivity index is 1.49. The second-order valence-electron chi connectivity index (χ2n) is 5.53. The second kappa shape index (κ2) is 3.87. The monoisotopic (exact) mass is 239 g/mol. The molecule has 1 aromatic heterocycles. The Bertz CT molecular complexity index is 529. The Morgan fingerprint density at radius 2 is 2.06 bits per heavy atom. The summed E-state index contributed by atoms with van der Waals surface area (Å²) in [6, 6.07) is 9.36. The van der Waals surface area contributed by atoms with Crippen LogP contribution in [0.2, 0.25) is 0 Å². The molecule has 2 aliphatic carbocycles. The first-order chi connectivity index (χ1) is 8.90. The van der Waals surface area contributed by atoms with E-state index >= 15 is 0 Å². The Morgan fingerprint density at radius 3 is 2.67 bits per heavy atom. The summed E-state index contributed by atoms with van der Waals surface area (Å²) in [6.07, 6.45) is 7.79. The highest BCUT2D eigenvalue weighted by Crippen LogP contribution is 2.52. The van der Waals surface area contributed by atoms with Crippen LogP contribution >= 0.6 is 0 Å². The molecule has 3 heteroatoms. The molecule has 92 valence electrons. The molecule has 0 aliphatic heterocycles. The van der Waals surface area contributed by atoms with Crippen LogP contribution in [-0.2, 0) is 0 Å². The highest BCUT2D eigenvalue weighted by atomic mass is 15.0. The Labute approximate surface area is 107 Å². The van der Waals surface area contributed by atoms with Gasteiger partial charge in [0.1, 0.15) is 0 Å². The highest BCUT2D eigenvalue weighted by molar-refractivity contribution is 5.62. The number of nitrogens with zero attached hydrogens (tertiary/aromatic N) is 1. The zero-order valence-electron chi connectivity index (χ0n) is 10.3. The summed E-state index contributed by atoms with van der Waals surface area (Å²) in [6.45, 7) is 0. The van der Waals surface area contributed by atoms with E-state index in [0.29, 0.717) is 6.04 Å². The molecular formula is C15H17N3. The fourth-order valence-corrected chi connectivity index (χ4v) is 3.26. The average molecular weight is 239 g/mol. The Hall–Kier alpha value is -1.77. The number of aromatic nitrogens is 2. The van der Waals surface area contributed by atoms with Gasteiger partial charge in [0, 0.05) is 11.7 Å². The molecule has 0 amide bonds. The predicted octanol–water partition coefficient (Wildman–Crippen LogP) is 3.29. The van der Waals surface area contributed by atoms with Crippen LogP contribution in [0.4, 0.5) is 5.69 Å². The van der Waals surface area contributed by atoms with Crippen LogP contribution in [-0.4, -0.2) is 16.0 Å². The summed E-state index contributed by atoms with van der Waals surface area (Å²) in [5.74, 6) is 1.99. The van der Waals surface area contributed by atoms with Crippen LogP contribution in [0, 0.1) is 11.8 Å². The molecule has 0 radical (unpaired) electrons. The summed E-state index contributed by atoms with van der Waals surface area (Å²) in [5.41, 5.74) is 3.51. The minimum Gasteiger partial charge on any atom is -0.382 e. The number of imidazole rings is 1. The van der Waals surface area contributed by atoms with E-state index in [1.54, 1.807) is 6.33 Å². The largest absolute Gasteiger partial charge is 0.382 e. The number of aromatic amines is 1. The number of benzene rings is 1. The van der Waals surface area contributed by atoms with Crippen molar-refractivity contribution in [3.05, 3.63) is 36.8 Å². The molecule has 0 bridgehead atoms. The van der Waals surface area contributed by atoms with Gasteiger partial charge in [-0.05, 0) is 48.8 Å². The van der Waals surface area contributed by atoms with Crippen molar-refractivity contribution in [2.75, 3.05) is 5.32 Å². The van der Waals surface area contributed by atoms with Crippen LogP contribution in [0.5, 0.6) is 0 Å². The number of nitrogens with one attached hydrogen (secondary N) is 2. The minimum atomic E-state index is 0.716. The van der Waals surface area contributed by atoms with E-state index < -0.39 is 0 Å². The summed E-state index contributed by atoms with van der Waals surface area (Å²) in [7, 11) is 0. The fraction of sp³-hybridized carbons (Fsp3) is 0.400. The molecule has 2 aromatic rings. The van der Waals surface area contributed by atoms with Crippen molar-refractivity contribution in [2.24, 2.45) is 11.8 Å². The number of H-pyrrole nitrogens is 1. The van der Waals surface area contributed by atoms with Crippen LogP contribution in [0.3, 0.4) is 0 Å². The van der Waals surface area contributed by atoms with Crippen LogP contribution < -0.4 is 5.32 Å². The summed E-state index contributed by atoms with van der Waals surface area (Å²) >= 11 is 0. The zero-order valence-corrected chi connectivity index (χ0v) is 10.3. The lowest BCUT2D eigenvalue weighted by atomic mass is 10.1. The number of hydrogen-bond donors (Lipinski definition) is 2. The first kappa shape index (κ1) is 10.2. The van der Waals surface area contributed by atoms with Crippen molar-refractivity contribution in [3.8, 4) is 11.3 Å². The molecule has 1 aromatic carbocycles. The SMILES string of the molecule is c1ncc(-c2ccc(NC3CCC4CC43)cc2)[nH]1. The average Bonchev–Trinajstić information content (AvgIpc) is 2.84. The topological polar surface area (TPSA) is 40.7 Å². The molecule has 3 unspecified atom stereocenters. The number of hydrogen-bond acceptors (Lipinski definition) is 2. The molecule has 0 saturated heterocycles. The lowest BCUT2D eigenvalue weighted by Crippen LogP contribution is -2.18. The number of anilines is 1. The Kier molecular flexibility index (Phi) is 2.19. The van der Waals surface area contributed by atoms with Gasteiger partial charge in [0.2, 0.25) is 0 Å². The normalized spacial score (nSPS) is 29.0. The van der Waals surface area contributed by atoms with E-state index in [0.717, 1.165) is 17.5 Å². The molecule has 2 N–H and O–H groups in total. The third-order valence-electron chi connectivity index (χ3n) is 4.39. The first-order valence-corrected chi connectivity index (χ1v) is 6.75. The lowest BCUT2D eigenvalue weighted by molar-refractivity contribution is 0.654. The van der Waals surface area contributed by atoms with Gasteiger partial charge in [-0.3, -0.25) is 0 Å².